The van der Waals surface area contributed by atoms with Crippen molar-refractivity contribution in [2.45, 2.75) is 29.8 Å². The van der Waals surface area contributed by atoms with Crippen molar-refractivity contribution in [1.29, 1.82) is 0 Å². The molecule has 0 amide bonds. The SMILES string of the molecule is CCCc1cc(=O)[nH]c(Sc2ccc3scnc3c2N)n1. The van der Waals surface area contributed by atoms with Gasteiger partial charge in [-0.2, -0.15) is 0 Å². The standard InChI is InChI=1S/C14H14N4OS2/c1-2-3-8-6-11(19)18-14(17-8)21-9-4-5-10-13(12(9)15)16-7-20-10/h4-7H,2-3,15H2,1H3,(H,17,18,19). The zero-order valence-electron chi connectivity index (χ0n) is 11.4. The molecule has 21 heavy (non-hydrogen) atoms. The van der Waals surface area contributed by atoms with E-state index in [4.69, 9.17) is 5.73 Å². The smallest absolute Gasteiger partial charge is 0.251 e. The number of nitrogens with one attached hydrogen (secondary N) is 1. The lowest BCUT2D eigenvalue weighted by Crippen LogP contribution is -2.10. The summed E-state index contributed by atoms with van der Waals surface area (Å²) in [5.74, 6) is 0. The highest BCUT2D eigenvalue weighted by Crippen LogP contribution is 2.35. The molecule has 1 aromatic carbocycles. The van der Waals surface area contributed by atoms with Crippen molar-refractivity contribution < 1.29 is 0 Å². The molecular formula is C14H14N4OS2. The van der Waals surface area contributed by atoms with E-state index in [9.17, 15) is 4.79 Å². The highest BCUT2D eigenvalue weighted by atomic mass is 32.2. The normalized spacial score (nSPS) is 11.1. The number of fused-ring (bicyclic) bond motifs is 1. The van der Waals surface area contributed by atoms with Gasteiger partial charge in [-0.05, 0) is 30.3 Å². The lowest BCUT2D eigenvalue weighted by molar-refractivity contribution is 0.816. The van der Waals surface area contributed by atoms with E-state index >= 15 is 0 Å². The summed E-state index contributed by atoms with van der Waals surface area (Å²) in [5, 5.41) is 0.562. The highest BCUT2D eigenvalue weighted by molar-refractivity contribution is 7.99. The van der Waals surface area contributed by atoms with Crippen LogP contribution in [0.25, 0.3) is 10.2 Å². The Morgan fingerprint density at radius 3 is 3.10 bits per heavy atom. The zero-order valence-corrected chi connectivity index (χ0v) is 13.1. The van der Waals surface area contributed by atoms with E-state index < -0.39 is 0 Å². The quantitative estimate of drug-likeness (QED) is 0.570. The van der Waals surface area contributed by atoms with E-state index in [1.807, 2.05) is 12.1 Å². The van der Waals surface area contributed by atoms with Gasteiger partial charge in [-0.15, -0.1) is 11.3 Å². The van der Waals surface area contributed by atoms with E-state index in [1.165, 1.54) is 11.8 Å². The van der Waals surface area contributed by atoms with Crippen LogP contribution in [0.3, 0.4) is 0 Å². The van der Waals surface area contributed by atoms with Gasteiger partial charge < -0.3 is 10.7 Å². The molecule has 0 fully saturated rings. The minimum absolute atomic E-state index is 0.135. The van der Waals surface area contributed by atoms with Gasteiger partial charge in [-0.1, -0.05) is 13.3 Å². The Balaban J connectivity index is 1.98. The second-order valence-corrected chi connectivity index (χ2v) is 6.49. The Morgan fingerprint density at radius 2 is 2.29 bits per heavy atom. The van der Waals surface area contributed by atoms with Crippen molar-refractivity contribution in [3.05, 3.63) is 39.8 Å². The van der Waals surface area contributed by atoms with Crippen molar-refractivity contribution in [2.24, 2.45) is 0 Å². The fourth-order valence-electron chi connectivity index (χ4n) is 2.04. The van der Waals surface area contributed by atoms with Crippen LogP contribution in [0.1, 0.15) is 19.0 Å². The molecule has 2 heterocycles. The van der Waals surface area contributed by atoms with Crippen LogP contribution < -0.4 is 11.3 Å². The molecule has 0 aliphatic carbocycles. The summed E-state index contributed by atoms with van der Waals surface area (Å²) in [7, 11) is 0. The molecule has 0 aliphatic heterocycles. The maximum Gasteiger partial charge on any atom is 0.251 e. The van der Waals surface area contributed by atoms with Crippen molar-refractivity contribution in [3.63, 3.8) is 0 Å². The number of aryl methyl sites for hydroxylation is 1. The first-order valence-corrected chi connectivity index (χ1v) is 8.26. The molecule has 108 valence electrons. The number of benzene rings is 1. The molecule has 0 unspecified atom stereocenters. The summed E-state index contributed by atoms with van der Waals surface area (Å²) >= 11 is 2.91. The van der Waals surface area contributed by atoms with E-state index in [2.05, 4.69) is 21.9 Å². The van der Waals surface area contributed by atoms with Gasteiger partial charge in [0.05, 0.1) is 15.9 Å². The molecule has 0 atom stereocenters. The number of nitrogen functional groups attached to an aromatic ring is 1. The fraction of sp³-hybridized carbons (Fsp3) is 0.214. The number of thiazole rings is 1. The van der Waals surface area contributed by atoms with Crippen LogP contribution in [0.2, 0.25) is 0 Å². The first-order valence-electron chi connectivity index (χ1n) is 6.57. The van der Waals surface area contributed by atoms with Crippen LogP contribution in [-0.4, -0.2) is 15.0 Å². The molecule has 0 bridgehead atoms. The number of rotatable bonds is 4. The molecule has 0 aliphatic rings. The van der Waals surface area contributed by atoms with Crippen molar-refractivity contribution in [3.8, 4) is 0 Å². The third-order valence-electron chi connectivity index (χ3n) is 2.99. The number of aromatic nitrogens is 3. The second kappa shape index (κ2) is 5.87. The van der Waals surface area contributed by atoms with Gasteiger partial charge in [0, 0.05) is 16.7 Å². The number of hydrogen-bond donors (Lipinski definition) is 2. The Hall–Kier alpha value is -1.86. The van der Waals surface area contributed by atoms with Gasteiger partial charge >= 0.3 is 0 Å². The number of nitrogens with zero attached hydrogens (tertiary/aromatic N) is 2. The Bertz CT molecular complexity index is 840. The molecule has 0 saturated carbocycles. The molecule has 0 radical (unpaired) electrons. The Morgan fingerprint density at radius 1 is 1.43 bits per heavy atom. The second-order valence-electron chi connectivity index (χ2n) is 4.57. The molecule has 7 heteroatoms. The summed E-state index contributed by atoms with van der Waals surface area (Å²) in [6.07, 6.45) is 1.74. The number of hydrogen-bond acceptors (Lipinski definition) is 6. The molecular weight excluding hydrogens is 304 g/mol. The molecule has 3 rings (SSSR count). The summed E-state index contributed by atoms with van der Waals surface area (Å²) in [6.45, 7) is 2.06. The summed E-state index contributed by atoms with van der Waals surface area (Å²) < 4.78 is 1.05. The predicted octanol–water partition coefficient (Wildman–Crippen LogP) is 3.07. The minimum Gasteiger partial charge on any atom is -0.396 e. The molecule has 2 aromatic heterocycles. The maximum atomic E-state index is 11.7. The fourth-order valence-corrected chi connectivity index (χ4v) is 3.60. The number of anilines is 1. The third-order valence-corrected chi connectivity index (χ3v) is 4.74. The maximum absolute atomic E-state index is 11.7. The topological polar surface area (TPSA) is 84.7 Å². The van der Waals surface area contributed by atoms with E-state index in [-0.39, 0.29) is 5.56 Å². The molecule has 0 saturated heterocycles. The lowest BCUT2D eigenvalue weighted by Gasteiger charge is -2.06. The van der Waals surface area contributed by atoms with Gasteiger partial charge in [0.25, 0.3) is 5.56 Å². The van der Waals surface area contributed by atoms with Crippen molar-refractivity contribution >= 4 is 39.0 Å². The highest BCUT2D eigenvalue weighted by Gasteiger charge is 2.10. The first-order chi connectivity index (χ1) is 10.2. The molecule has 5 nitrogen and oxygen atoms in total. The van der Waals surface area contributed by atoms with Gasteiger partial charge in [0.15, 0.2) is 5.16 Å². The van der Waals surface area contributed by atoms with Crippen molar-refractivity contribution in [1.82, 2.24) is 15.0 Å². The van der Waals surface area contributed by atoms with Crippen LogP contribution in [0, 0.1) is 0 Å². The van der Waals surface area contributed by atoms with Crippen LogP contribution in [-0.2, 0) is 6.42 Å². The molecule has 3 N–H and O–H groups in total. The first kappa shape index (κ1) is 14.1. The summed E-state index contributed by atoms with van der Waals surface area (Å²) in [5.41, 5.74) is 10.0. The average molecular weight is 318 g/mol. The predicted molar refractivity (Wildman–Crippen MR) is 87.0 cm³/mol. The number of aromatic amines is 1. The van der Waals surface area contributed by atoms with E-state index in [1.54, 1.807) is 22.9 Å². The van der Waals surface area contributed by atoms with Gasteiger partial charge in [0.2, 0.25) is 0 Å². The minimum atomic E-state index is -0.135. The lowest BCUT2D eigenvalue weighted by atomic mass is 10.2. The zero-order chi connectivity index (χ0) is 14.8. The van der Waals surface area contributed by atoms with Gasteiger partial charge in [-0.25, -0.2) is 9.97 Å². The van der Waals surface area contributed by atoms with Crippen molar-refractivity contribution in [2.75, 3.05) is 5.73 Å². The number of H-pyrrole nitrogens is 1. The number of nitrogens with two attached hydrogens (primary N) is 1. The summed E-state index contributed by atoms with van der Waals surface area (Å²) in [4.78, 5) is 24.0. The molecule has 0 spiro atoms. The van der Waals surface area contributed by atoms with Crippen LogP contribution >= 0.6 is 23.1 Å². The van der Waals surface area contributed by atoms with Gasteiger partial charge in [0.1, 0.15) is 5.52 Å². The monoisotopic (exact) mass is 318 g/mol. The van der Waals surface area contributed by atoms with Gasteiger partial charge in [-0.3, -0.25) is 4.79 Å². The van der Waals surface area contributed by atoms with E-state index in [0.717, 1.165) is 33.6 Å². The van der Waals surface area contributed by atoms with Crippen LogP contribution in [0.15, 0.2) is 38.6 Å². The Labute approximate surface area is 129 Å². The Kier molecular flexibility index (Phi) is 3.94. The third kappa shape index (κ3) is 2.93. The molecule has 3 aromatic rings. The van der Waals surface area contributed by atoms with E-state index in [0.29, 0.717) is 10.8 Å². The summed E-state index contributed by atoms with van der Waals surface area (Å²) in [6, 6.07) is 5.47. The van der Waals surface area contributed by atoms with Crippen LogP contribution in [0.5, 0.6) is 0 Å². The van der Waals surface area contributed by atoms with Crippen LogP contribution in [0.4, 0.5) is 5.69 Å². The average Bonchev–Trinajstić information content (AvgIpc) is 2.91. The largest absolute Gasteiger partial charge is 0.396 e.